The van der Waals surface area contributed by atoms with Crippen LogP contribution in [0.15, 0.2) is 78.9 Å². The van der Waals surface area contributed by atoms with Crippen LogP contribution < -0.4 is 15.2 Å². The van der Waals surface area contributed by atoms with Crippen LogP contribution in [0.1, 0.15) is 29.5 Å². The third kappa shape index (κ3) is 11.7. The Labute approximate surface area is 236 Å². The standard InChI is InChI=1S/C29H34N2O4.CH4O3S/c30-29(33)21-35-28-15-14-23-10-7-11-25(16-24(23)17-28)31(18-22-8-3-1-4-9-22)19-26(32)20-34-27-12-5-2-6-13-27;1-5(2,3)4/h1-6,8-9,12-15,17,25-26,32H,7,10-11,16,18-21H2,(H2,30,33);1H3,(H,2,3,4)/t25?,26-;/m0./s1. The number of nitrogens with zero attached hydrogens (tertiary/aromatic N) is 1. The molecule has 2 atom stereocenters. The van der Waals surface area contributed by atoms with Crippen molar-refractivity contribution < 1.29 is 32.3 Å². The Morgan fingerprint density at radius 3 is 2.30 bits per heavy atom. The Hall–Kier alpha value is -3.44. The van der Waals surface area contributed by atoms with Crippen molar-refractivity contribution >= 4 is 16.0 Å². The van der Waals surface area contributed by atoms with Gasteiger partial charge in [-0.1, -0.05) is 54.6 Å². The van der Waals surface area contributed by atoms with Gasteiger partial charge in [-0.05, 0) is 66.6 Å². The second-order valence-corrected chi connectivity index (χ2v) is 11.3. The molecule has 40 heavy (non-hydrogen) atoms. The third-order valence-electron chi connectivity index (χ3n) is 6.37. The van der Waals surface area contributed by atoms with Crippen LogP contribution in [0.25, 0.3) is 0 Å². The summed E-state index contributed by atoms with van der Waals surface area (Å²) in [5.74, 6) is 0.931. The highest BCUT2D eigenvalue weighted by atomic mass is 32.2. The minimum Gasteiger partial charge on any atom is -0.491 e. The lowest BCUT2D eigenvalue weighted by Gasteiger charge is -2.33. The fourth-order valence-electron chi connectivity index (χ4n) is 4.67. The van der Waals surface area contributed by atoms with E-state index < -0.39 is 22.1 Å². The van der Waals surface area contributed by atoms with Crippen molar-refractivity contribution in [2.45, 2.75) is 44.4 Å². The molecule has 1 amide bonds. The largest absolute Gasteiger partial charge is 0.491 e. The number of nitrogens with two attached hydrogens (primary N) is 1. The molecule has 216 valence electrons. The Morgan fingerprint density at radius 1 is 1.00 bits per heavy atom. The topological polar surface area (TPSA) is 139 Å². The number of hydrogen-bond donors (Lipinski definition) is 3. The third-order valence-corrected chi connectivity index (χ3v) is 6.37. The predicted molar refractivity (Wildman–Crippen MR) is 154 cm³/mol. The Balaban J connectivity index is 0.000000810. The number of benzene rings is 3. The number of amides is 1. The van der Waals surface area contributed by atoms with Crippen molar-refractivity contribution in [3.05, 3.63) is 95.6 Å². The minimum absolute atomic E-state index is 0.129. The summed E-state index contributed by atoms with van der Waals surface area (Å²) in [6, 6.07) is 26.3. The SMILES string of the molecule is CS(=O)(=O)O.NC(=O)COc1ccc2c(c1)CC(N(Cc1ccccc1)C[C@H](O)COc1ccccc1)CCC2. The second kappa shape index (κ2) is 15.4. The molecule has 0 aromatic heterocycles. The first-order valence-electron chi connectivity index (χ1n) is 13.2. The van der Waals surface area contributed by atoms with Crippen LogP contribution >= 0.6 is 0 Å². The van der Waals surface area contributed by atoms with Gasteiger partial charge in [-0.15, -0.1) is 0 Å². The van der Waals surface area contributed by atoms with E-state index in [1.807, 2.05) is 60.7 Å². The van der Waals surface area contributed by atoms with Crippen LogP contribution in [0.5, 0.6) is 11.5 Å². The lowest BCUT2D eigenvalue weighted by Crippen LogP contribution is -2.42. The molecule has 4 N–H and O–H groups in total. The molecule has 3 aromatic rings. The van der Waals surface area contributed by atoms with Gasteiger partial charge in [-0.3, -0.25) is 14.2 Å². The molecule has 3 aromatic carbocycles. The summed E-state index contributed by atoms with van der Waals surface area (Å²) < 4.78 is 37.2. The number of ether oxygens (including phenoxy) is 2. The smallest absolute Gasteiger partial charge is 0.261 e. The van der Waals surface area contributed by atoms with E-state index >= 15 is 0 Å². The molecule has 0 bridgehead atoms. The van der Waals surface area contributed by atoms with E-state index in [1.54, 1.807) is 0 Å². The molecule has 0 saturated carbocycles. The number of aryl methyl sites for hydroxylation is 1. The molecule has 0 radical (unpaired) electrons. The molecule has 0 spiro atoms. The lowest BCUT2D eigenvalue weighted by molar-refractivity contribution is -0.119. The maximum atomic E-state index is 11.1. The predicted octanol–water partition coefficient (Wildman–Crippen LogP) is 3.24. The lowest BCUT2D eigenvalue weighted by atomic mass is 10.00. The quantitative estimate of drug-likeness (QED) is 0.236. The van der Waals surface area contributed by atoms with Gasteiger partial charge in [0.15, 0.2) is 6.61 Å². The maximum Gasteiger partial charge on any atom is 0.261 e. The first-order valence-corrected chi connectivity index (χ1v) is 15.0. The molecular formula is C30H38N2O7S. The molecule has 1 aliphatic rings. The van der Waals surface area contributed by atoms with Gasteiger partial charge in [-0.2, -0.15) is 8.42 Å². The van der Waals surface area contributed by atoms with E-state index in [1.165, 1.54) is 16.7 Å². The summed E-state index contributed by atoms with van der Waals surface area (Å²) in [6.45, 7) is 1.38. The molecule has 1 unspecified atom stereocenters. The van der Waals surface area contributed by atoms with E-state index in [9.17, 15) is 18.3 Å². The highest BCUT2D eigenvalue weighted by molar-refractivity contribution is 7.85. The normalized spacial score (nSPS) is 15.7. The van der Waals surface area contributed by atoms with E-state index in [0.29, 0.717) is 18.6 Å². The van der Waals surface area contributed by atoms with Crippen molar-refractivity contribution in [3.63, 3.8) is 0 Å². The van der Waals surface area contributed by atoms with Crippen LogP contribution in [0.2, 0.25) is 0 Å². The number of aliphatic hydroxyl groups excluding tert-OH is 1. The number of carbonyl (C=O) groups is 1. The molecule has 1 aliphatic carbocycles. The van der Waals surface area contributed by atoms with Crippen molar-refractivity contribution in [2.24, 2.45) is 5.73 Å². The summed E-state index contributed by atoms with van der Waals surface area (Å²) in [7, 11) is -3.67. The number of hydrogen-bond acceptors (Lipinski definition) is 7. The molecule has 0 aliphatic heterocycles. The fraction of sp³-hybridized carbons (Fsp3) is 0.367. The van der Waals surface area contributed by atoms with Gasteiger partial charge in [-0.25, -0.2) is 0 Å². The molecule has 4 rings (SSSR count). The number of para-hydroxylation sites is 1. The number of carbonyl (C=O) groups excluding carboxylic acids is 1. The maximum absolute atomic E-state index is 11.1. The molecule has 0 saturated heterocycles. The minimum atomic E-state index is -3.67. The molecule has 0 fully saturated rings. The summed E-state index contributed by atoms with van der Waals surface area (Å²) in [6.07, 6.45) is 4.05. The number of rotatable bonds is 11. The average molecular weight is 571 g/mol. The molecule has 10 heteroatoms. The number of aliphatic hydroxyl groups is 1. The van der Waals surface area contributed by atoms with Crippen molar-refractivity contribution in [1.82, 2.24) is 4.90 Å². The summed E-state index contributed by atoms with van der Waals surface area (Å²) >= 11 is 0. The summed E-state index contributed by atoms with van der Waals surface area (Å²) in [4.78, 5) is 13.5. The number of primary amides is 1. The van der Waals surface area contributed by atoms with Gasteiger partial charge in [0.25, 0.3) is 16.0 Å². The zero-order valence-electron chi connectivity index (χ0n) is 22.7. The summed E-state index contributed by atoms with van der Waals surface area (Å²) in [5.41, 5.74) is 8.99. The van der Waals surface area contributed by atoms with E-state index in [2.05, 4.69) is 23.1 Å². The van der Waals surface area contributed by atoms with Gasteiger partial charge < -0.3 is 20.3 Å². The molecular weight excluding hydrogens is 532 g/mol. The van der Waals surface area contributed by atoms with Crippen LogP contribution in [-0.4, -0.2) is 67.0 Å². The Kier molecular flexibility index (Phi) is 12.0. The first-order chi connectivity index (χ1) is 19.1. The van der Waals surface area contributed by atoms with Crippen molar-refractivity contribution in [2.75, 3.05) is 26.0 Å². The summed E-state index contributed by atoms with van der Waals surface area (Å²) in [5, 5.41) is 10.9. The van der Waals surface area contributed by atoms with Gasteiger partial charge in [0.05, 0.1) is 6.26 Å². The fourth-order valence-corrected chi connectivity index (χ4v) is 4.67. The van der Waals surface area contributed by atoms with Crippen LogP contribution in [-0.2, 0) is 34.3 Å². The zero-order valence-corrected chi connectivity index (χ0v) is 23.5. The first kappa shape index (κ1) is 31.1. The van der Waals surface area contributed by atoms with E-state index in [-0.39, 0.29) is 19.3 Å². The van der Waals surface area contributed by atoms with Gasteiger partial charge in [0.1, 0.15) is 24.2 Å². The number of fused-ring (bicyclic) bond motifs is 1. The van der Waals surface area contributed by atoms with Crippen molar-refractivity contribution in [1.29, 1.82) is 0 Å². The Bertz CT molecular complexity index is 1300. The van der Waals surface area contributed by atoms with Crippen LogP contribution in [0.3, 0.4) is 0 Å². The highest BCUT2D eigenvalue weighted by Gasteiger charge is 2.25. The van der Waals surface area contributed by atoms with Gasteiger partial charge in [0, 0.05) is 19.1 Å². The van der Waals surface area contributed by atoms with Gasteiger partial charge >= 0.3 is 0 Å². The van der Waals surface area contributed by atoms with Crippen LogP contribution in [0.4, 0.5) is 0 Å². The average Bonchev–Trinajstić information content (AvgIpc) is 3.13. The zero-order chi connectivity index (χ0) is 29.0. The van der Waals surface area contributed by atoms with Crippen LogP contribution in [0, 0.1) is 0 Å². The Morgan fingerprint density at radius 2 is 1.65 bits per heavy atom. The van der Waals surface area contributed by atoms with E-state index in [0.717, 1.165) is 38.0 Å². The monoisotopic (exact) mass is 570 g/mol. The highest BCUT2D eigenvalue weighted by Crippen LogP contribution is 2.28. The van der Waals surface area contributed by atoms with Gasteiger partial charge in [0.2, 0.25) is 0 Å². The van der Waals surface area contributed by atoms with E-state index in [4.69, 9.17) is 19.8 Å². The second-order valence-electron chi connectivity index (χ2n) is 9.86. The van der Waals surface area contributed by atoms with Crippen molar-refractivity contribution in [3.8, 4) is 11.5 Å². The molecule has 9 nitrogen and oxygen atoms in total. The molecule has 0 heterocycles.